The van der Waals surface area contributed by atoms with E-state index in [4.69, 9.17) is 5.73 Å². The van der Waals surface area contributed by atoms with Gasteiger partial charge in [-0.1, -0.05) is 24.3 Å². The van der Waals surface area contributed by atoms with Crippen molar-refractivity contribution in [3.63, 3.8) is 0 Å². The minimum absolute atomic E-state index is 0.376. The van der Waals surface area contributed by atoms with Gasteiger partial charge in [-0.2, -0.15) is 0 Å². The van der Waals surface area contributed by atoms with Gasteiger partial charge in [0.05, 0.1) is 0 Å². The Balaban J connectivity index is 1.97. The monoisotopic (exact) mass is 246 g/mol. The maximum atomic E-state index is 11.2. The molecule has 0 aliphatic carbocycles. The second-order valence-electron chi connectivity index (χ2n) is 3.70. The van der Waals surface area contributed by atoms with Crippen molar-refractivity contribution in [1.82, 2.24) is 5.32 Å². The lowest BCUT2D eigenvalue weighted by Gasteiger charge is -2.07. The van der Waals surface area contributed by atoms with Crippen LogP contribution >= 0.6 is 11.3 Å². The first-order valence-corrected chi connectivity index (χ1v) is 6.26. The van der Waals surface area contributed by atoms with Gasteiger partial charge in [-0.15, -0.1) is 11.3 Å². The van der Waals surface area contributed by atoms with Crippen LogP contribution < -0.4 is 11.1 Å². The van der Waals surface area contributed by atoms with Gasteiger partial charge in [0, 0.05) is 23.5 Å². The molecule has 1 amide bonds. The number of nitrogens with one attached hydrogen (secondary N) is 1. The Morgan fingerprint density at radius 2 is 2.00 bits per heavy atom. The average molecular weight is 246 g/mol. The van der Waals surface area contributed by atoms with E-state index in [1.54, 1.807) is 17.4 Å². The average Bonchev–Trinajstić information content (AvgIpc) is 2.82. The number of amides is 1. The summed E-state index contributed by atoms with van der Waals surface area (Å²) in [6.07, 6.45) is 0. The molecule has 2 rings (SSSR count). The molecule has 0 radical (unpaired) electrons. The lowest BCUT2D eigenvalue weighted by molar-refractivity contribution is 0.0999. The zero-order chi connectivity index (χ0) is 12.1. The largest absolute Gasteiger partial charge is 0.366 e. The number of carbonyl (C=O) groups is 1. The molecule has 17 heavy (non-hydrogen) atoms. The molecule has 0 aliphatic heterocycles. The van der Waals surface area contributed by atoms with Gasteiger partial charge < -0.3 is 11.1 Å². The van der Waals surface area contributed by atoms with Crippen LogP contribution in [0.4, 0.5) is 0 Å². The number of rotatable bonds is 5. The van der Waals surface area contributed by atoms with Gasteiger partial charge in [0.1, 0.15) is 0 Å². The smallest absolute Gasteiger partial charge is 0.249 e. The molecule has 0 unspecified atom stereocenters. The number of nitrogens with two attached hydrogens (primary N) is 1. The minimum atomic E-state index is -0.376. The van der Waals surface area contributed by atoms with Crippen LogP contribution in [0.5, 0.6) is 0 Å². The number of hydrogen-bond donors (Lipinski definition) is 2. The molecule has 1 heterocycles. The molecule has 1 aromatic carbocycles. The summed E-state index contributed by atoms with van der Waals surface area (Å²) >= 11 is 1.71. The highest BCUT2D eigenvalue weighted by Crippen LogP contribution is 2.10. The van der Waals surface area contributed by atoms with Gasteiger partial charge in [-0.05, 0) is 23.1 Å². The number of carbonyl (C=O) groups excluding carboxylic acids is 1. The van der Waals surface area contributed by atoms with Crippen LogP contribution in [0, 0.1) is 0 Å². The molecule has 0 bridgehead atoms. The second-order valence-corrected chi connectivity index (χ2v) is 4.74. The SMILES string of the molecule is NC(=O)c1ccccc1CNCc1cccs1. The topological polar surface area (TPSA) is 55.1 Å². The number of benzene rings is 1. The lowest BCUT2D eigenvalue weighted by Crippen LogP contribution is -2.18. The molecule has 0 aliphatic rings. The van der Waals surface area contributed by atoms with Crippen LogP contribution in [-0.2, 0) is 13.1 Å². The Kier molecular flexibility index (Phi) is 3.90. The molecular formula is C13H14N2OS. The third-order valence-corrected chi connectivity index (χ3v) is 3.35. The summed E-state index contributed by atoms with van der Waals surface area (Å²) in [6.45, 7) is 1.46. The van der Waals surface area contributed by atoms with Crippen LogP contribution in [-0.4, -0.2) is 5.91 Å². The van der Waals surface area contributed by atoms with Gasteiger partial charge in [0.25, 0.3) is 0 Å². The quantitative estimate of drug-likeness (QED) is 0.849. The summed E-state index contributed by atoms with van der Waals surface area (Å²) in [4.78, 5) is 12.5. The molecule has 3 N–H and O–H groups in total. The Morgan fingerprint density at radius 1 is 1.18 bits per heavy atom. The van der Waals surface area contributed by atoms with Gasteiger partial charge in [-0.3, -0.25) is 4.79 Å². The molecule has 4 heteroatoms. The summed E-state index contributed by atoms with van der Waals surface area (Å²) in [7, 11) is 0. The molecule has 0 fully saturated rings. The van der Waals surface area contributed by atoms with Crippen LogP contribution in [0.1, 0.15) is 20.8 Å². The van der Waals surface area contributed by atoms with Gasteiger partial charge >= 0.3 is 0 Å². The van der Waals surface area contributed by atoms with Crippen molar-refractivity contribution >= 4 is 17.2 Å². The van der Waals surface area contributed by atoms with Crippen LogP contribution in [0.25, 0.3) is 0 Å². The van der Waals surface area contributed by atoms with Crippen molar-refractivity contribution in [3.8, 4) is 0 Å². The molecule has 88 valence electrons. The molecule has 0 spiro atoms. The van der Waals surface area contributed by atoms with Crippen molar-refractivity contribution in [3.05, 3.63) is 57.8 Å². The molecule has 0 atom stereocenters. The van der Waals surface area contributed by atoms with Crippen molar-refractivity contribution < 1.29 is 4.79 Å². The molecule has 0 saturated carbocycles. The van der Waals surface area contributed by atoms with E-state index in [1.165, 1.54) is 4.88 Å². The van der Waals surface area contributed by atoms with Crippen molar-refractivity contribution in [2.24, 2.45) is 5.73 Å². The lowest BCUT2D eigenvalue weighted by atomic mass is 10.1. The number of hydrogen-bond acceptors (Lipinski definition) is 3. The molecule has 2 aromatic rings. The number of primary amides is 1. The van der Waals surface area contributed by atoms with Crippen LogP contribution in [0.15, 0.2) is 41.8 Å². The van der Waals surface area contributed by atoms with E-state index in [-0.39, 0.29) is 5.91 Å². The Bertz CT molecular complexity index is 494. The van der Waals surface area contributed by atoms with E-state index in [2.05, 4.69) is 11.4 Å². The number of thiophene rings is 1. The van der Waals surface area contributed by atoms with Gasteiger partial charge in [-0.25, -0.2) is 0 Å². The van der Waals surface area contributed by atoms with E-state index in [0.29, 0.717) is 12.1 Å². The highest BCUT2D eigenvalue weighted by atomic mass is 32.1. The first-order chi connectivity index (χ1) is 8.27. The highest BCUT2D eigenvalue weighted by Gasteiger charge is 2.06. The molecule has 1 aromatic heterocycles. The zero-order valence-corrected chi connectivity index (χ0v) is 10.2. The molecule has 3 nitrogen and oxygen atoms in total. The maximum absolute atomic E-state index is 11.2. The minimum Gasteiger partial charge on any atom is -0.366 e. The second kappa shape index (κ2) is 5.61. The molecule has 0 saturated heterocycles. The van der Waals surface area contributed by atoms with Gasteiger partial charge in [0.15, 0.2) is 0 Å². The summed E-state index contributed by atoms with van der Waals surface area (Å²) < 4.78 is 0. The van der Waals surface area contributed by atoms with Gasteiger partial charge in [0.2, 0.25) is 5.91 Å². The fourth-order valence-electron chi connectivity index (χ4n) is 1.65. The first-order valence-electron chi connectivity index (χ1n) is 5.38. The van der Waals surface area contributed by atoms with Crippen LogP contribution in [0.2, 0.25) is 0 Å². The van der Waals surface area contributed by atoms with Crippen molar-refractivity contribution in [1.29, 1.82) is 0 Å². The summed E-state index contributed by atoms with van der Waals surface area (Å²) in [6, 6.07) is 11.5. The summed E-state index contributed by atoms with van der Waals surface area (Å²) in [5.41, 5.74) is 6.85. The maximum Gasteiger partial charge on any atom is 0.249 e. The zero-order valence-electron chi connectivity index (χ0n) is 9.35. The third-order valence-electron chi connectivity index (χ3n) is 2.48. The fraction of sp³-hybridized carbons (Fsp3) is 0.154. The summed E-state index contributed by atoms with van der Waals surface area (Å²) in [5.74, 6) is -0.376. The van der Waals surface area contributed by atoms with Crippen molar-refractivity contribution in [2.45, 2.75) is 13.1 Å². The molecular weight excluding hydrogens is 232 g/mol. The van der Waals surface area contributed by atoms with E-state index < -0.39 is 0 Å². The van der Waals surface area contributed by atoms with E-state index >= 15 is 0 Å². The predicted molar refractivity (Wildman–Crippen MR) is 69.8 cm³/mol. The third kappa shape index (κ3) is 3.15. The standard InChI is InChI=1S/C13H14N2OS/c14-13(16)12-6-2-1-4-10(12)8-15-9-11-5-3-7-17-11/h1-7,15H,8-9H2,(H2,14,16). The highest BCUT2D eigenvalue weighted by molar-refractivity contribution is 7.09. The Labute approximate surface area is 104 Å². The normalized spacial score (nSPS) is 10.4. The fourth-order valence-corrected chi connectivity index (χ4v) is 2.32. The van der Waals surface area contributed by atoms with E-state index in [0.717, 1.165) is 12.1 Å². The van der Waals surface area contributed by atoms with Crippen molar-refractivity contribution in [2.75, 3.05) is 0 Å². The van der Waals surface area contributed by atoms with Crippen LogP contribution in [0.3, 0.4) is 0 Å². The predicted octanol–water partition coefficient (Wildman–Crippen LogP) is 2.14. The Hall–Kier alpha value is -1.65. The Morgan fingerprint density at radius 3 is 2.71 bits per heavy atom. The summed E-state index contributed by atoms with van der Waals surface area (Å²) in [5, 5.41) is 5.35. The first kappa shape index (κ1) is 11.8. The van der Waals surface area contributed by atoms with E-state index in [1.807, 2.05) is 29.6 Å². The van der Waals surface area contributed by atoms with E-state index in [9.17, 15) is 4.79 Å².